The van der Waals surface area contributed by atoms with Crippen LogP contribution in [0.25, 0.3) is 0 Å². The van der Waals surface area contributed by atoms with E-state index in [1.807, 2.05) is 18.2 Å². The summed E-state index contributed by atoms with van der Waals surface area (Å²) in [4.78, 5) is 0. The van der Waals surface area contributed by atoms with Crippen LogP contribution in [0.4, 0.5) is 11.5 Å². The minimum absolute atomic E-state index is 0.372. The molecule has 1 aromatic carbocycles. The lowest BCUT2D eigenvalue weighted by molar-refractivity contribution is 0.412. The van der Waals surface area contributed by atoms with Crippen LogP contribution in [0.1, 0.15) is 0 Å². The highest BCUT2D eigenvalue weighted by atomic mass is 79.9. The number of rotatable bonds is 3. The van der Waals surface area contributed by atoms with Crippen LogP contribution in [0, 0.1) is 0 Å². The highest BCUT2D eigenvalue weighted by Crippen LogP contribution is 2.30. The third-order valence-electron chi connectivity index (χ3n) is 1.86. The first-order valence-corrected chi connectivity index (χ1v) is 6.19. The standard InChI is InChI=1S/C9H7BrClN3OS/c1-15-7-3-2-5(4-6(7)10)12-9-8(11)13-16-14-9/h2-4H,1H3,(H,12,14). The Morgan fingerprint density at radius 3 is 2.81 bits per heavy atom. The lowest BCUT2D eigenvalue weighted by atomic mass is 10.3. The summed E-state index contributed by atoms with van der Waals surface area (Å²) in [6.45, 7) is 0. The fraction of sp³-hybridized carbons (Fsp3) is 0.111. The van der Waals surface area contributed by atoms with Gasteiger partial charge in [0.2, 0.25) is 0 Å². The van der Waals surface area contributed by atoms with Crippen molar-refractivity contribution in [3.63, 3.8) is 0 Å². The van der Waals surface area contributed by atoms with Crippen molar-refractivity contribution in [3.05, 3.63) is 27.8 Å². The predicted molar refractivity (Wildman–Crippen MR) is 68.9 cm³/mol. The highest BCUT2D eigenvalue weighted by Gasteiger charge is 2.06. The minimum Gasteiger partial charge on any atom is -0.496 e. The zero-order valence-corrected chi connectivity index (χ0v) is 11.4. The molecule has 4 nitrogen and oxygen atoms in total. The minimum atomic E-state index is 0.372. The fourth-order valence-electron chi connectivity index (χ4n) is 1.13. The van der Waals surface area contributed by atoms with Crippen LogP contribution in [-0.2, 0) is 0 Å². The molecule has 2 aromatic rings. The maximum Gasteiger partial charge on any atom is 0.187 e. The first-order chi connectivity index (χ1) is 7.70. The Kier molecular flexibility index (Phi) is 3.63. The topological polar surface area (TPSA) is 47.0 Å². The molecule has 1 N–H and O–H groups in total. The molecule has 7 heteroatoms. The molecular weight excluding hydrogens is 314 g/mol. The smallest absolute Gasteiger partial charge is 0.187 e. The molecule has 0 saturated heterocycles. The molecule has 0 aliphatic heterocycles. The number of nitrogens with zero attached hydrogens (tertiary/aromatic N) is 2. The number of nitrogens with one attached hydrogen (secondary N) is 1. The molecule has 0 aliphatic carbocycles. The van der Waals surface area contributed by atoms with Crippen LogP contribution in [0.2, 0.25) is 5.15 Å². The lowest BCUT2D eigenvalue weighted by Crippen LogP contribution is -1.92. The highest BCUT2D eigenvalue weighted by molar-refractivity contribution is 9.10. The van der Waals surface area contributed by atoms with Gasteiger partial charge >= 0.3 is 0 Å². The Balaban J connectivity index is 2.23. The van der Waals surface area contributed by atoms with Gasteiger partial charge < -0.3 is 10.1 Å². The Morgan fingerprint density at radius 2 is 2.25 bits per heavy atom. The van der Waals surface area contributed by atoms with Crippen LogP contribution < -0.4 is 10.1 Å². The molecular formula is C9H7BrClN3OS. The van der Waals surface area contributed by atoms with Gasteiger partial charge in [-0.25, -0.2) is 0 Å². The van der Waals surface area contributed by atoms with Gasteiger partial charge in [0.05, 0.1) is 23.3 Å². The number of methoxy groups -OCH3 is 1. The van der Waals surface area contributed by atoms with Gasteiger partial charge in [0, 0.05) is 5.69 Å². The van der Waals surface area contributed by atoms with E-state index in [0.29, 0.717) is 11.0 Å². The van der Waals surface area contributed by atoms with Crippen molar-refractivity contribution in [1.82, 2.24) is 8.75 Å². The summed E-state index contributed by atoms with van der Waals surface area (Å²) in [7, 11) is 1.62. The largest absolute Gasteiger partial charge is 0.496 e. The van der Waals surface area contributed by atoms with Gasteiger partial charge in [0.15, 0.2) is 11.0 Å². The van der Waals surface area contributed by atoms with Gasteiger partial charge in [0.25, 0.3) is 0 Å². The van der Waals surface area contributed by atoms with Crippen molar-refractivity contribution in [1.29, 1.82) is 0 Å². The third kappa shape index (κ3) is 2.45. The van der Waals surface area contributed by atoms with E-state index in [9.17, 15) is 0 Å². The predicted octanol–water partition coefficient (Wildman–Crippen LogP) is 3.71. The Labute approximate surface area is 110 Å². The number of benzene rings is 1. The second kappa shape index (κ2) is 4.99. The summed E-state index contributed by atoms with van der Waals surface area (Å²) in [6, 6.07) is 5.61. The lowest BCUT2D eigenvalue weighted by Gasteiger charge is -2.06. The molecule has 0 atom stereocenters. The van der Waals surface area contributed by atoms with Crippen molar-refractivity contribution < 1.29 is 4.74 Å². The summed E-state index contributed by atoms with van der Waals surface area (Å²) in [5.41, 5.74) is 0.863. The van der Waals surface area contributed by atoms with Gasteiger partial charge in [-0.05, 0) is 34.1 Å². The molecule has 0 amide bonds. The molecule has 1 heterocycles. The first kappa shape index (κ1) is 11.6. The van der Waals surface area contributed by atoms with Crippen molar-refractivity contribution in [2.24, 2.45) is 0 Å². The average Bonchev–Trinajstić information content (AvgIpc) is 2.65. The van der Waals surface area contributed by atoms with Crippen molar-refractivity contribution in [2.75, 3.05) is 12.4 Å². The first-order valence-electron chi connectivity index (χ1n) is 4.29. The molecule has 0 unspecified atom stereocenters. The average molecular weight is 321 g/mol. The van der Waals surface area contributed by atoms with Crippen LogP contribution >= 0.6 is 39.3 Å². The Bertz CT molecular complexity index is 505. The van der Waals surface area contributed by atoms with E-state index in [-0.39, 0.29) is 0 Å². The zero-order chi connectivity index (χ0) is 11.5. The maximum atomic E-state index is 5.83. The monoisotopic (exact) mass is 319 g/mol. The molecule has 84 valence electrons. The number of hydrogen-bond acceptors (Lipinski definition) is 5. The molecule has 16 heavy (non-hydrogen) atoms. The van der Waals surface area contributed by atoms with Gasteiger partial charge in [-0.2, -0.15) is 8.75 Å². The second-order valence-corrected chi connectivity index (χ2v) is 4.62. The number of aromatic nitrogens is 2. The van der Waals surface area contributed by atoms with E-state index in [0.717, 1.165) is 27.6 Å². The van der Waals surface area contributed by atoms with Crippen molar-refractivity contribution >= 4 is 50.8 Å². The van der Waals surface area contributed by atoms with E-state index >= 15 is 0 Å². The van der Waals surface area contributed by atoms with Gasteiger partial charge in [-0.3, -0.25) is 0 Å². The van der Waals surface area contributed by atoms with Crippen LogP contribution in [0.5, 0.6) is 5.75 Å². The number of anilines is 2. The van der Waals surface area contributed by atoms with E-state index in [4.69, 9.17) is 16.3 Å². The Morgan fingerprint density at radius 1 is 1.44 bits per heavy atom. The molecule has 2 rings (SSSR count). The Hall–Kier alpha value is -0.850. The fourth-order valence-corrected chi connectivity index (χ4v) is 2.32. The number of halogens is 2. The van der Waals surface area contributed by atoms with E-state index in [1.165, 1.54) is 0 Å². The van der Waals surface area contributed by atoms with E-state index in [2.05, 4.69) is 30.0 Å². The SMILES string of the molecule is COc1ccc(Nc2nsnc2Cl)cc1Br. The summed E-state index contributed by atoms with van der Waals surface area (Å²) in [6.07, 6.45) is 0. The summed E-state index contributed by atoms with van der Waals surface area (Å²) < 4.78 is 13.9. The summed E-state index contributed by atoms with van der Waals surface area (Å²) in [5, 5.41) is 3.44. The van der Waals surface area contributed by atoms with E-state index < -0.39 is 0 Å². The van der Waals surface area contributed by atoms with Crippen molar-refractivity contribution in [2.45, 2.75) is 0 Å². The van der Waals surface area contributed by atoms with Crippen LogP contribution in [-0.4, -0.2) is 15.9 Å². The molecule has 0 radical (unpaired) electrons. The van der Waals surface area contributed by atoms with Gasteiger partial charge in [-0.15, -0.1) is 0 Å². The summed E-state index contributed by atoms with van der Waals surface area (Å²) >= 11 is 10.3. The summed E-state index contributed by atoms with van der Waals surface area (Å²) in [5.74, 6) is 1.33. The number of ether oxygens (including phenoxy) is 1. The third-order valence-corrected chi connectivity index (χ3v) is 3.37. The molecule has 1 aromatic heterocycles. The normalized spacial score (nSPS) is 10.2. The van der Waals surface area contributed by atoms with Gasteiger partial charge in [0.1, 0.15) is 5.75 Å². The van der Waals surface area contributed by atoms with E-state index in [1.54, 1.807) is 7.11 Å². The maximum absolute atomic E-state index is 5.83. The second-order valence-electron chi connectivity index (χ2n) is 2.88. The zero-order valence-electron chi connectivity index (χ0n) is 8.20. The number of hydrogen-bond donors (Lipinski definition) is 1. The molecule has 0 spiro atoms. The van der Waals surface area contributed by atoms with Gasteiger partial charge in [-0.1, -0.05) is 11.6 Å². The van der Waals surface area contributed by atoms with Crippen LogP contribution in [0.15, 0.2) is 22.7 Å². The molecule has 0 saturated carbocycles. The van der Waals surface area contributed by atoms with Crippen molar-refractivity contribution in [3.8, 4) is 5.75 Å². The quantitative estimate of drug-likeness (QED) is 0.936. The molecule has 0 aliphatic rings. The molecule has 0 fully saturated rings. The van der Waals surface area contributed by atoms with Crippen LogP contribution in [0.3, 0.4) is 0 Å². The molecule has 0 bridgehead atoms.